The summed E-state index contributed by atoms with van der Waals surface area (Å²) in [6.07, 6.45) is -0.465. The highest BCUT2D eigenvalue weighted by atomic mass is 35.5. The summed E-state index contributed by atoms with van der Waals surface area (Å²) < 4.78 is 6.76. The first kappa shape index (κ1) is 12.5. The summed E-state index contributed by atoms with van der Waals surface area (Å²) in [5.41, 5.74) is 0.764. The van der Waals surface area contributed by atoms with Crippen LogP contribution in [0.1, 0.15) is 12.6 Å². The van der Waals surface area contributed by atoms with Gasteiger partial charge in [-0.25, -0.2) is 4.98 Å². The first-order valence-electron chi connectivity index (χ1n) is 5.72. The van der Waals surface area contributed by atoms with Gasteiger partial charge in [0.2, 0.25) is 5.28 Å². The third-order valence-electron chi connectivity index (χ3n) is 3.12. The Balaban J connectivity index is 2.12. The van der Waals surface area contributed by atoms with E-state index < -0.39 is 18.4 Å². The molecule has 0 radical (unpaired) electrons. The summed E-state index contributed by atoms with van der Waals surface area (Å²) in [6.45, 7) is -0.196. The van der Waals surface area contributed by atoms with E-state index in [0.29, 0.717) is 11.2 Å². The lowest BCUT2D eigenvalue weighted by Gasteiger charge is -2.19. The molecule has 3 atom stereocenters. The van der Waals surface area contributed by atoms with Crippen molar-refractivity contribution in [2.24, 2.45) is 0 Å². The van der Waals surface area contributed by atoms with E-state index >= 15 is 0 Å². The van der Waals surface area contributed by atoms with Crippen molar-refractivity contribution in [3.05, 3.63) is 17.1 Å². The maximum atomic E-state index is 9.96. The van der Waals surface area contributed by atoms with Gasteiger partial charge in [-0.3, -0.25) is 9.98 Å². The van der Waals surface area contributed by atoms with Gasteiger partial charge in [-0.15, -0.1) is 0 Å². The Bertz CT molecular complexity index is 669. The number of ether oxygens (including phenoxy) is 1. The number of aromatic nitrogens is 4. The standard InChI is InChI=1S/C10H12ClN5O3/c11-10-15-8-6(13-3-14-8)7(12)16(10)9-5(18)1-4(2-17)19-9/h3-5,9,12,17-18H,1-2H2,(H,13,14)/t4-,5+,9+/m0/s1. The molecule has 2 aromatic heterocycles. The lowest BCUT2D eigenvalue weighted by Crippen LogP contribution is -2.32. The number of H-pyrrole nitrogens is 1. The number of aliphatic hydroxyl groups excluding tert-OH is 2. The van der Waals surface area contributed by atoms with Crippen molar-refractivity contribution in [2.75, 3.05) is 6.61 Å². The van der Waals surface area contributed by atoms with Crippen LogP contribution in [0.2, 0.25) is 5.28 Å². The van der Waals surface area contributed by atoms with E-state index in [-0.39, 0.29) is 23.8 Å². The molecule has 1 aliphatic heterocycles. The van der Waals surface area contributed by atoms with Crippen LogP contribution in [0.5, 0.6) is 0 Å². The van der Waals surface area contributed by atoms with E-state index in [0.717, 1.165) is 0 Å². The second kappa shape index (κ2) is 4.57. The number of hydrogen-bond donors (Lipinski definition) is 4. The number of aliphatic hydroxyl groups is 2. The third-order valence-corrected chi connectivity index (χ3v) is 3.38. The molecule has 8 nitrogen and oxygen atoms in total. The molecule has 9 heteroatoms. The Kier molecular flexibility index (Phi) is 3.02. The average molecular weight is 286 g/mol. The number of nitrogens with one attached hydrogen (secondary N) is 2. The molecular weight excluding hydrogens is 274 g/mol. The highest BCUT2D eigenvalue weighted by Crippen LogP contribution is 2.29. The predicted octanol–water partition coefficient (Wildman–Crippen LogP) is -0.467. The van der Waals surface area contributed by atoms with Crippen molar-refractivity contribution in [1.82, 2.24) is 19.5 Å². The minimum Gasteiger partial charge on any atom is -0.394 e. The summed E-state index contributed by atoms with van der Waals surface area (Å²) in [5.74, 6) is 0. The quantitative estimate of drug-likeness (QED) is 0.556. The van der Waals surface area contributed by atoms with E-state index in [1.54, 1.807) is 0 Å². The molecule has 0 saturated carbocycles. The number of imidazole rings is 1. The molecule has 0 bridgehead atoms. The van der Waals surface area contributed by atoms with E-state index in [1.165, 1.54) is 10.9 Å². The molecule has 4 N–H and O–H groups in total. The second-order valence-corrected chi connectivity index (χ2v) is 4.67. The maximum Gasteiger partial charge on any atom is 0.208 e. The molecule has 3 heterocycles. The van der Waals surface area contributed by atoms with Gasteiger partial charge in [0, 0.05) is 6.42 Å². The van der Waals surface area contributed by atoms with Gasteiger partial charge in [-0.05, 0) is 11.6 Å². The van der Waals surface area contributed by atoms with Crippen LogP contribution >= 0.6 is 11.6 Å². The van der Waals surface area contributed by atoms with Crippen molar-refractivity contribution >= 4 is 22.8 Å². The average Bonchev–Trinajstić information content (AvgIpc) is 2.96. The normalized spacial score (nSPS) is 27.2. The number of hydrogen-bond acceptors (Lipinski definition) is 6. The maximum absolute atomic E-state index is 9.96. The lowest BCUT2D eigenvalue weighted by molar-refractivity contribution is -0.0530. The van der Waals surface area contributed by atoms with Gasteiger partial charge in [0.05, 0.1) is 19.0 Å². The molecule has 0 aliphatic carbocycles. The zero-order valence-corrected chi connectivity index (χ0v) is 10.5. The number of fused-ring (bicyclic) bond motifs is 1. The minimum atomic E-state index is -0.856. The molecule has 0 unspecified atom stereocenters. The zero-order chi connectivity index (χ0) is 13.6. The zero-order valence-electron chi connectivity index (χ0n) is 9.75. The molecule has 3 rings (SSSR count). The van der Waals surface area contributed by atoms with E-state index in [2.05, 4.69) is 15.0 Å². The monoisotopic (exact) mass is 285 g/mol. The summed E-state index contributed by atoms with van der Waals surface area (Å²) in [5, 5.41) is 27.1. The smallest absolute Gasteiger partial charge is 0.208 e. The van der Waals surface area contributed by atoms with Crippen molar-refractivity contribution in [3.8, 4) is 0 Å². The van der Waals surface area contributed by atoms with Gasteiger partial charge in [-0.2, -0.15) is 4.98 Å². The Morgan fingerprint density at radius 2 is 2.42 bits per heavy atom. The Labute approximate surface area is 112 Å². The van der Waals surface area contributed by atoms with Crippen molar-refractivity contribution in [3.63, 3.8) is 0 Å². The van der Waals surface area contributed by atoms with Crippen molar-refractivity contribution < 1.29 is 14.9 Å². The van der Waals surface area contributed by atoms with Crippen LogP contribution in [-0.4, -0.2) is 48.5 Å². The first-order chi connectivity index (χ1) is 9.11. The van der Waals surface area contributed by atoms with Crippen LogP contribution in [0, 0.1) is 5.41 Å². The van der Waals surface area contributed by atoms with E-state index in [4.69, 9.17) is 26.9 Å². The van der Waals surface area contributed by atoms with Gasteiger partial charge in [0.15, 0.2) is 17.4 Å². The topological polar surface area (TPSA) is 120 Å². The molecule has 0 aromatic carbocycles. The van der Waals surface area contributed by atoms with Crippen LogP contribution in [0.25, 0.3) is 11.2 Å². The van der Waals surface area contributed by atoms with Gasteiger partial charge in [0.25, 0.3) is 0 Å². The second-order valence-electron chi connectivity index (χ2n) is 4.33. The summed E-state index contributed by atoms with van der Waals surface area (Å²) in [7, 11) is 0. The number of rotatable bonds is 2. The number of aromatic amines is 1. The van der Waals surface area contributed by atoms with E-state index in [9.17, 15) is 5.11 Å². The number of nitrogens with zero attached hydrogens (tertiary/aromatic N) is 3. The largest absolute Gasteiger partial charge is 0.394 e. The number of halogens is 1. The highest BCUT2D eigenvalue weighted by Gasteiger charge is 2.36. The van der Waals surface area contributed by atoms with Crippen LogP contribution in [0.15, 0.2) is 6.33 Å². The fourth-order valence-corrected chi connectivity index (χ4v) is 2.47. The summed E-state index contributed by atoms with van der Waals surface area (Å²) in [4.78, 5) is 10.8. The van der Waals surface area contributed by atoms with Crippen LogP contribution in [0.3, 0.4) is 0 Å². The summed E-state index contributed by atoms with van der Waals surface area (Å²) in [6, 6.07) is 0. The molecule has 0 spiro atoms. The molecule has 102 valence electrons. The molecule has 1 fully saturated rings. The SMILES string of the molecule is N=c1c2[nH]cnc2nc(Cl)n1[C@@H]1O[C@H](CO)C[C@H]1O. The lowest BCUT2D eigenvalue weighted by atomic mass is 10.2. The van der Waals surface area contributed by atoms with Gasteiger partial charge >= 0.3 is 0 Å². The van der Waals surface area contributed by atoms with Gasteiger partial charge in [0.1, 0.15) is 11.6 Å². The minimum absolute atomic E-state index is 0.00670. The Morgan fingerprint density at radius 3 is 3.11 bits per heavy atom. The summed E-state index contributed by atoms with van der Waals surface area (Å²) >= 11 is 6.03. The third kappa shape index (κ3) is 1.93. The van der Waals surface area contributed by atoms with Crippen molar-refractivity contribution in [2.45, 2.75) is 24.9 Å². The molecule has 1 aliphatic rings. The molecule has 19 heavy (non-hydrogen) atoms. The fraction of sp³-hybridized carbons (Fsp3) is 0.500. The molecule has 0 amide bonds. The highest BCUT2D eigenvalue weighted by molar-refractivity contribution is 6.28. The fourth-order valence-electron chi connectivity index (χ4n) is 2.21. The molecule has 2 aromatic rings. The Hall–Kier alpha value is -1.48. The van der Waals surface area contributed by atoms with Crippen LogP contribution in [-0.2, 0) is 4.74 Å². The van der Waals surface area contributed by atoms with Crippen LogP contribution in [0.4, 0.5) is 0 Å². The predicted molar refractivity (Wildman–Crippen MR) is 64.4 cm³/mol. The first-order valence-corrected chi connectivity index (χ1v) is 6.09. The van der Waals surface area contributed by atoms with Crippen molar-refractivity contribution in [1.29, 1.82) is 5.41 Å². The van der Waals surface area contributed by atoms with Crippen LogP contribution < -0.4 is 5.49 Å². The molecular formula is C10H12ClN5O3. The van der Waals surface area contributed by atoms with Gasteiger partial charge in [-0.1, -0.05) is 0 Å². The van der Waals surface area contributed by atoms with E-state index in [1.807, 2.05) is 0 Å². The van der Waals surface area contributed by atoms with Gasteiger partial charge < -0.3 is 19.9 Å². The Morgan fingerprint density at radius 1 is 1.63 bits per heavy atom. The molecule has 1 saturated heterocycles.